The lowest BCUT2D eigenvalue weighted by atomic mass is 9.65. The normalized spacial score (nSPS) is 26.4. The molecule has 5 rings (SSSR count). The van der Waals surface area contributed by atoms with Crippen LogP contribution in [0.2, 0.25) is 0 Å². The van der Waals surface area contributed by atoms with Crippen LogP contribution in [0.25, 0.3) is 11.0 Å². The molecule has 2 aromatic heterocycles. The van der Waals surface area contributed by atoms with E-state index in [1.807, 2.05) is 11.9 Å². The molecule has 186 valence electrons. The number of aromatic nitrogens is 4. The lowest BCUT2D eigenvalue weighted by Crippen LogP contribution is -2.62. The molecule has 2 saturated carbocycles. The van der Waals surface area contributed by atoms with E-state index in [9.17, 15) is 14.7 Å². The summed E-state index contributed by atoms with van der Waals surface area (Å²) in [5.74, 6) is 0.958. The van der Waals surface area contributed by atoms with Gasteiger partial charge in [-0.3, -0.25) is 14.3 Å². The standard InChI is InChI=1S/C26H39N5O3/c1-19(14-20-8-4-3-5-9-20)23(32)30-13-12-26(34,25(16-30)10-6-7-11-25)17-31-24(33)21-15-27-18-28-22(21)29(31)2/h15,18-20,34H,3-14,16-17H2,1-2H3/t19-,26?/m1/s1. The Labute approximate surface area is 201 Å². The van der Waals surface area contributed by atoms with Crippen LogP contribution in [0, 0.1) is 17.3 Å². The van der Waals surface area contributed by atoms with Crippen LogP contribution >= 0.6 is 0 Å². The molecular weight excluding hydrogens is 430 g/mol. The van der Waals surface area contributed by atoms with Crippen LogP contribution in [0.1, 0.15) is 77.6 Å². The van der Waals surface area contributed by atoms with Gasteiger partial charge in [0.2, 0.25) is 5.91 Å². The summed E-state index contributed by atoms with van der Waals surface area (Å²) in [5.41, 5.74) is -0.994. The average molecular weight is 470 g/mol. The number of hydrogen-bond donors (Lipinski definition) is 1. The minimum atomic E-state index is -1.04. The first-order chi connectivity index (χ1) is 16.3. The molecule has 8 heteroatoms. The topological polar surface area (TPSA) is 93.2 Å². The maximum Gasteiger partial charge on any atom is 0.277 e. The van der Waals surface area contributed by atoms with Gasteiger partial charge in [-0.2, -0.15) is 0 Å². The quantitative estimate of drug-likeness (QED) is 0.726. The molecule has 2 aliphatic carbocycles. The molecule has 1 aliphatic heterocycles. The van der Waals surface area contributed by atoms with Gasteiger partial charge in [0.05, 0.1) is 12.1 Å². The molecule has 0 aromatic carbocycles. The zero-order chi connectivity index (χ0) is 23.9. The third-order valence-corrected chi connectivity index (χ3v) is 9.22. The van der Waals surface area contributed by atoms with E-state index in [4.69, 9.17) is 0 Å². The Hall–Kier alpha value is -2.22. The Morgan fingerprint density at radius 1 is 1.18 bits per heavy atom. The Kier molecular flexibility index (Phi) is 6.29. The van der Waals surface area contributed by atoms with E-state index >= 15 is 0 Å². The number of nitrogens with zero attached hydrogens (tertiary/aromatic N) is 5. The molecule has 2 aromatic rings. The van der Waals surface area contributed by atoms with Crippen LogP contribution in [-0.4, -0.2) is 53.9 Å². The second-order valence-electron chi connectivity index (χ2n) is 11.3. The van der Waals surface area contributed by atoms with Crippen molar-refractivity contribution in [2.45, 2.75) is 89.7 Å². The van der Waals surface area contributed by atoms with Crippen LogP contribution in [-0.2, 0) is 18.4 Å². The van der Waals surface area contributed by atoms with E-state index in [0.29, 0.717) is 36.5 Å². The van der Waals surface area contributed by atoms with Crippen molar-refractivity contribution in [2.75, 3.05) is 13.1 Å². The average Bonchev–Trinajstić information content (AvgIpc) is 3.41. The van der Waals surface area contributed by atoms with E-state index < -0.39 is 5.60 Å². The minimum Gasteiger partial charge on any atom is -0.387 e. The van der Waals surface area contributed by atoms with Crippen molar-refractivity contribution >= 4 is 16.9 Å². The van der Waals surface area contributed by atoms with E-state index in [1.165, 1.54) is 38.4 Å². The maximum absolute atomic E-state index is 13.5. The smallest absolute Gasteiger partial charge is 0.277 e. The van der Waals surface area contributed by atoms with E-state index in [0.717, 1.165) is 32.1 Å². The van der Waals surface area contributed by atoms with Crippen molar-refractivity contribution < 1.29 is 9.90 Å². The first kappa shape index (κ1) is 23.5. The largest absolute Gasteiger partial charge is 0.387 e. The van der Waals surface area contributed by atoms with Crippen molar-refractivity contribution in [1.29, 1.82) is 0 Å². The summed E-state index contributed by atoms with van der Waals surface area (Å²) in [7, 11) is 1.81. The number of aryl methyl sites for hydroxylation is 1. The summed E-state index contributed by atoms with van der Waals surface area (Å²) in [5, 5.41) is 12.6. The zero-order valence-electron chi connectivity index (χ0n) is 20.7. The molecular formula is C26H39N5O3. The Morgan fingerprint density at radius 2 is 1.91 bits per heavy atom. The third-order valence-electron chi connectivity index (χ3n) is 9.22. The lowest BCUT2D eigenvalue weighted by Gasteiger charge is -2.52. The molecule has 3 heterocycles. The predicted octanol–water partition coefficient (Wildman–Crippen LogP) is 3.26. The molecule has 0 radical (unpaired) electrons. The van der Waals surface area contributed by atoms with Crippen LogP contribution in [0.3, 0.4) is 0 Å². The van der Waals surface area contributed by atoms with Gasteiger partial charge in [-0.15, -0.1) is 0 Å². The fraction of sp³-hybridized carbons (Fsp3) is 0.769. The third kappa shape index (κ3) is 3.97. The van der Waals surface area contributed by atoms with Crippen LogP contribution in [0.15, 0.2) is 17.3 Å². The van der Waals surface area contributed by atoms with Crippen LogP contribution in [0.5, 0.6) is 0 Å². The number of likely N-dealkylation sites (tertiary alicyclic amines) is 1. The van der Waals surface area contributed by atoms with Gasteiger partial charge in [-0.25, -0.2) is 14.6 Å². The van der Waals surface area contributed by atoms with E-state index in [2.05, 4.69) is 16.9 Å². The molecule has 1 spiro atoms. The number of rotatable bonds is 5. The molecule has 0 bridgehead atoms. The number of carbonyl (C=O) groups is 1. The van der Waals surface area contributed by atoms with Crippen molar-refractivity contribution in [3.63, 3.8) is 0 Å². The summed E-state index contributed by atoms with van der Waals surface area (Å²) in [4.78, 5) is 36.9. The number of fused-ring (bicyclic) bond motifs is 1. The molecule has 1 amide bonds. The van der Waals surface area contributed by atoms with Crippen LogP contribution < -0.4 is 5.56 Å². The molecule has 34 heavy (non-hydrogen) atoms. The van der Waals surface area contributed by atoms with Gasteiger partial charge in [0.1, 0.15) is 11.7 Å². The number of piperidine rings is 1. The summed E-state index contributed by atoms with van der Waals surface area (Å²) < 4.78 is 3.35. The molecule has 1 saturated heterocycles. The first-order valence-corrected chi connectivity index (χ1v) is 13.2. The van der Waals surface area contributed by atoms with Crippen molar-refractivity contribution in [3.8, 4) is 0 Å². The lowest BCUT2D eigenvalue weighted by molar-refractivity contribution is -0.164. The van der Waals surface area contributed by atoms with Gasteiger partial charge in [0.25, 0.3) is 5.56 Å². The molecule has 3 fully saturated rings. The predicted molar refractivity (Wildman–Crippen MR) is 130 cm³/mol. The number of aliphatic hydroxyl groups is 1. The summed E-state index contributed by atoms with van der Waals surface area (Å²) in [6.45, 7) is 3.45. The maximum atomic E-state index is 13.5. The second-order valence-corrected chi connectivity index (χ2v) is 11.3. The van der Waals surface area contributed by atoms with Gasteiger partial charge >= 0.3 is 0 Å². The van der Waals surface area contributed by atoms with Crippen molar-refractivity contribution in [3.05, 3.63) is 22.9 Å². The number of carbonyl (C=O) groups excluding carboxylic acids is 1. The summed E-state index contributed by atoms with van der Waals surface area (Å²) in [6, 6.07) is 0. The molecule has 3 aliphatic rings. The summed E-state index contributed by atoms with van der Waals surface area (Å²) >= 11 is 0. The zero-order valence-corrected chi connectivity index (χ0v) is 20.7. The highest BCUT2D eigenvalue weighted by Gasteiger charge is 2.56. The minimum absolute atomic E-state index is 0.0344. The first-order valence-electron chi connectivity index (χ1n) is 13.2. The monoisotopic (exact) mass is 469 g/mol. The van der Waals surface area contributed by atoms with E-state index in [-0.39, 0.29) is 29.3 Å². The Balaban J connectivity index is 1.36. The van der Waals surface area contributed by atoms with Gasteiger partial charge in [-0.05, 0) is 31.6 Å². The second kappa shape index (κ2) is 9.10. The molecule has 2 atom stereocenters. The highest BCUT2D eigenvalue weighted by molar-refractivity contribution is 5.78. The molecule has 1 unspecified atom stereocenters. The molecule has 8 nitrogen and oxygen atoms in total. The summed E-state index contributed by atoms with van der Waals surface area (Å²) in [6.07, 6.45) is 14.8. The van der Waals surface area contributed by atoms with Gasteiger partial charge in [0, 0.05) is 37.7 Å². The highest BCUT2D eigenvalue weighted by atomic mass is 16.3. The van der Waals surface area contributed by atoms with Gasteiger partial charge < -0.3 is 10.0 Å². The SMILES string of the molecule is C[C@H](CC1CCCCC1)C(=O)N1CCC(O)(Cn2c(=O)c3cncnc3n2C)C2(CCCC2)C1. The fourth-order valence-electron chi connectivity index (χ4n) is 7.17. The van der Waals surface area contributed by atoms with Crippen molar-refractivity contribution in [2.24, 2.45) is 24.3 Å². The van der Waals surface area contributed by atoms with Gasteiger partial charge in [-0.1, -0.05) is 51.9 Å². The number of hydrogen-bond acceptors (Lipinski definition) is 5. The Bertz CT molecular complexity index is 1100. The molecule has 1 N–H and O–H groups in total. The number of amides is 1. The highest BCUT2D eigenvalue weighted by Crippen LogP contribution is 2.52. The Morgan fingerprint density at radius 3 is 2.62 bits per heavy atom. The van der Waals surface area contributed by atoms with Crippen molar-refractivity contribution in [1.82, 2.24) is 24.2 Å². The van der Waals surface area contributed by atoms with Crippen LogP contribution in [0.4, 0.5) is 0 Å². The van der Waals surface area contributed by atoms with E-state index in [1.54, 1.807) is 15.6 Å². The fourth-order valence-corrected chi connectivity index (χ4v) is 7.17. The van der Waals surface area contributed by atoms with Gasteiger partial charge in [0.15, 0.2) is 5.65 Å².